The minimum Gasteiger partial charge on any atom is -0.432 e. The van der Waals surface area contributed by atoms with Crippen LogP contribution in [0.4, 0.5) is 22.0 Å². The summed E-state index contributed by atoms with van der Waals surface area (Å²) in [6.07, 6.45) is 4.74. The van der Waals surface area contributed by atoms with E-state index in [-0.39, 0.29) is 5.75 Å². The monoisotopic (exact) mass is 426 g/mol. The van der Waals surface area contributed by atoms with E-state index in [1.165, 1.54) is 12.1 Å². The Balaban J connectivity index is 1.65. The number of rotatable bonds is 7. The minimum atomic E-state index is -3.84. The van der Waals surface area contributed by atoms with Gasteiger partial charge in [-0.2, -0.15) is 17.6 Å². The van der Waals surface area contributed by atoms with Crippen molar-refractivity contribution in [1.82, 2.24) is 0 Å². The van der Waals surface area contributed by atoms with Crippen molar-refractivity contribution in [2.75, 3.05) is 0 Å². The smallest absolute Gasteiger partial charge is 0.426 e. The molecule has 3 rings (SSSR count). The van der Waals surface area contributed by atoms with Crippen molar-refractivity contribution in [3.8, 4) is 11.5 Å². The summed E-state index contributed by atoms with van der Waals surface area (Å²) in [5.74, 6) is -1.21. The molecule has 1 fully saturated rings. The van der Waals surface area contributed by atoms with Crippen LogP contribution in [0.15, 0.2) is 54.6 Å². The first-order valence-corrected chi connectivity index (χ1v) is 9.83. The van der Waals surface area contributed by atoms with Crippen LogP contribution in [0.25, 0.3) is 0 Å². The Hall–Kier alpha value is -2.57. The first-order valence-electron chi connectivity index (χ1n) is 9.83. The average Bonchev–Trinajstić information content (AvgIpc) is 2.70. The fourth-order valence-corrected chi connectivity index (χ4v) is 3.81. The first kappa shape index (κ1) is 22.1. The Morgan fingerprint density at radius 3 is 2.23 bits per heavy atom. The minimum absolute atomic E-state index is 0.0698. The van der Waals surface area contributed by atoms with E-state index in [1.54, 1.807) is 12.1 Å². The molecule has 0 aliphatic heterocycles. The molecule has 0 aromatic heterocycles. The fraction of sp³-hybridized carbons (Fsp3) is 0.391. The molecule has 0 unspecified atom stereocenters. The van der Waals surface area contributed by atoms with Gasteiger partial charge in [0.05, 0.1) is 5.56 Å². The van der Waals surface area contributed by atoms with Crippen molar-refractivity contribution >= 4 is 0 Å². The largest absolute Gasteiger partial charge is 0.432 e. The molecule has 0 saturated heterocycles. The second-order valence-electron chi connectivity index (χ2n) is 7.35. The molecule has 2 aromatic carbocycles. The summed E-state index contributed by atoms with van der Waals surface area (Å²) in [4.78, 5) is 0. The lowest BCUT2D eigenvalue weighted by molar-refractivity contribution is -0.185. The highest BCUT2D eigenvalue weighted by molar-refractivity contribution is 5.33. The van der Waals surface area contributed by atoms with Gasteiger partial charge in [-0.25, -0.2) is 4.39 Å². The van der Waals surface area contributed by atoms with Crippen molar-refractivity contribution in [2.45, 2.75) is 51.2 Å². The normalized spacial score (nSPS) is 20.0. The summed E-state index contributed by atoms with van der Waals surface area (Å²) >= 11 is 0. The Labute approximate surface area is 172 Å². The van der Waals surface area contributed by atoms with Gasteiger partial charge in [-0.1, -0.05) is 24.3 Å². The molecule has 30 heavy (non-hydrogen) atoms. The van der Waals surface area contributed by atoms with Gasteiger partial charge in [0, 0.05) is 0 Å². The van der Waals surface area contributed by atoms with Gasteiger partial charge in [0.15, 0.2) is 11.6 Å². The maximum atomic E-state index is 14.4. The molecule has 0 spiro atoms. The number of benzene rings is 2. The second kappa shape index (κ2) is 9.49. The fourth-order valence-electron chi connectivity index (χ4n) is 3.81. The lowest BCUT2D eigenvalue weighted by atomic mass is 9.78. The van der Waals surface area contributed by atoms with Crippen LogP contribution in [0.5, 0.6) is 11.5 Å². The molecular weight excluding hydrogens is 403 g/mol. The zero-order valence-electron chi connectivity index (χ0n) is 16.5. The van der Waals surface area contributed by atoms with Gasteiger partial charge < -0.3 is 9.47 Å². The third-order valence-corrected chi connectivity index (χ3v) is 5.32. The summed E-state index contributed by atoms with van der Waals surface area (Å²) in [5, 5.41) is 0. The Morgan fingerprint density at radius 1 is 1.00 bits per heavy atom. The molecule has 1 aliphatic rings. The molecule has 0 N–H and O–H groups in total. The summed E-state index contributed by atoms with van der Waals surface area (Å²) in [6.45, 7) is -1.24. The number of hydrogen-bond donors (Lipinski definition) is 0. The summed E-state index contributed by atoms with van der Waals surface area (Å²) < 4.78 is 75.6. The number of ether oxygens (including phenoxy) is 2. The zero-order chi connectivity index (χ0) is 21.7. The van der Waals surface area contributed by atoms with Crippen LogP contribution in [0, 0.1) is 11.7 Å². The highest BCUT2D eigenvalue weighted by Crippen LogP contribution is 2.38. The summed E-state index contributed by atoms with van der Waals surface area (Å²) in [5.41, 5.74) is 0.275. The average molecular weight is 426 g/mol. The van der Waals surface area contributed by atoms with Gasteiger partial charge in [0.1, 0.15) is 5.75 Å². The number of hydrogen-bond acceptors (Lipinski definition) is 2. The predicted octanol–water partition coefficient (Wildman–Crippen LogP) is 7.41. The molecule has 0 atom stereocenters. The van der Waals surface area contributed by atoms with Gasteiger partial charge in [-0.3, -0.25) is 0 Å². The Bertz CT molecular complexity index is 856. The van der Waals surface area contributed by atoms with Crippen molar-refractivity contribution < 1.29 is 31.4 Å². The molecule has 2 aromatic rings. The first-order chi connectivity index (χ1) is 14.3. The molecular formula is C23H23F5O2. The van der Waals surface area contributed by atoms with Crippen molar-refractivity contribution in [3.63, 3.8) is 0 Å². The molecule has 1 saturated carbocycles. The standard InChI is InChI=1S/C23H23F5O2/c1-2-3-15-4-6-16(7-5-15)17-8-11-19(12-9-17)30-23(27,28)18-10-13-21(20(24)14-18)29-22(25)26/h2-3,8-16,22H,4-7H2,1H3/b3-2+. The molecule has 0 bridgehead atoms. The highest BCUT2D eigenvalue weighted by Gasteiger charge is 2.35. The van der Waals surface area contributed by atoms with E-state index in [0.29, 0.717) is 17.9 Å². The van der Waals surface area contributed by atoms with E-state index < -0.39 is 29.9 Å². The van der Waals surface area contributed by atoms with Gasteiger partial charge in [0.2, 0.25) is 0 Å². The van der Waals surface area contributed by atoms with E-state index in [9.17, 15) is 22.0 Å². The van der Waals surface area contributed by atoms with Crippen molar-refractivity contribution in [2.24, 2.45) is 5.92 Å². The maximum absolute atomic E-state index is 14.4. The van der Waals surface area contributed by atoms with Crippen LogP contribution in [0.1, 0.15) is 49.7 Å². The molecule has 1 aliphatic carbocycles. The topological polar surface area (TPSA) is 18.5 Å². The van der Waals surface area contributed by atoms with Crippen LogP contribution < -0.4 is 9.47 Å². The number of halogens is 5. The molecule has 7 heteroatoms. The zero-order valence-corrected chi connectivity index (χ0v) is 16.5. The van der Waals surface area contributed by atoms with Gasteiger partial charge in [-0.15, -0.1) is 0 Å². The lowest BCUT2D eigenvalue weighted by Gasteiger charge is -2.27. The molecule has 2 nitrogen and oxygen atoms in total. The van der Waals surface area contributed by atoms with Gasteiger partial charge in [0.25, 0.3) is 0 Å². The quantitative estimate of drug-likeness (QED) is 0.339. The van der Waals surface area contributed by atoms with E-state index in [0.717, 1.165) is 43.4 Å². The Morgan fingerprint density at radius 2 is 1.67 bits per heavy atom. The third kappa shape index (κ3) is 5.52. The number of alkyl halides is 4. The Kier molecular flexibility index (Phi) is 7.00. The van der Waals surface area contributed by atoms with Crippen LogP contribution >= 0.6 is 0 Å². The summed E-state index contributed by atoms with van der Waals surface area (Å²) in [6, 6.07) is 8.41. The van der Waals surface area contributed by atoms with E-state index in [4.69, 9.17) is 4.74 Å². The highest BCUT2D eigenvalue weighted by atomic mass is 19.3. The maximum Gasteiger partial charge on any atom is 0.426 e. The molecule has 0 heterocycles. The van der Waals surface area contributed by atoms with Crippen LogP contribution in [-0.2, 0) is 6.11 Å². The van der Waals surface area contributed by atoms with Crippen LogP contribution in [0.3, 0.4) is 0 Å². The predicted molar refractivity (Wildman–Crippen MR) is 104 cm³/mol. The van der Waals surface area contributed by atoms with E-state index >= 15 is 0 Å². The molecule has 162 valence electrons. The SMILES string of the molecule is C/C=C/C1CCC(c2ccc(OC(F)(F)c3ccc(OC(F)F)c(F)c3)cc2)CC1. The van der Waals surface area contributed by atoms with E-state index in [1.807, 2.05) is 6.92 Å². The van der Waals surface area contributed by atoms with Gasteiger partial charge in [-0.05, 0) is 80.3 Å². The van der Waals surface area contributed by atoms with Crippen LogP contribution in [0.2, 0.25) is 0 Å². The molecule has 0 amide bonds. The number of allylic oxidation sites excluding steroid dienone is 2. The van der Waals surface area contributed by atoms with Crippen molar-refractivity contribution in [1.29, 1.82) is 0 Å². The second-order valence-corrected chi connectivity index (χ2v) is 7.35. The van der Waals surface area contributed by atoms with Crippen LogP contribution in [-0.4, -0.2) is 6.61 Å². The lowest BCUT2D eigenvalue weighted by Crippen LogP contribution is -2.22. The van der Waals surface area contributed by atoms with Gasteiger partial charge >= 0.3 is 12.7 Å². The van der Waals surface area contributed by atoms with Crippen molar-refractivity contribution in [3.05, 3.63) is 71.6 Å². The summed E-state index contributed by atoms with van der Waals surface area (Å²) in [7, 11) is 0. The molecule has 0 radical (unpaired) electrons. The van der Waals surface area contributed by atoms with E-state index in [2.05, 4.69) is 16.9 Å². The third-order valence-electron chi connectivity index (χ3n) is 5.32.